The number of carbonyl (C=O) groups is 2. The first-order chi connectivity index (χ1) is 18.9. The molecule has 0 amide bonds. The number of nitrogens with one attached hydrogen (secondary N) is 1. The Balaban J connectivity index is 1.59. The standard InChI is InChI=1S/C30H32N2O7Si/c1-19-6-10-21(11-7-19)28(34)37-18-25-24(39-29(35)22-12-8-20(2)9-13-22)16-26(38-25)32-17-23(14-15-40(3,4)5)27(33)31-30(32)36/h6-13,17,24-26H,16,18H2,1-5H3,(H,31,33,36)/t24-,25+,26+/m0/s1. The lowest BCUT2D eigenvalue weighted by Gasteiger charge is -2.19. The second kappa shape index (κ2) is 11.9. The molecule has 2 heterocycles. The van der Waals surface area contributed by atoms with Gasteiger partial charge in [-0.25, -0.2) is 14.4 Å². The maximum absolute atomic E-state index is 12.9. The summed E-state index contributed by atoms with van der Waals surface area (Å²) in [6.07, 6.45) is -1.13. The van der Waals surface area contributed by atoms with E-state index in [-0.39, 0.29) is 18.6 Å². The van der Waals surface area contributed by atoms with E-state index >= 15 is 0 Å². The first kappa shape index (κ1) is 28.8. The van der Waals surface area contributed by atoms with Crippen molar-refractivity contribution in [3.05, 3.63) is 103 Å². The van der Waals surface area contributed by atoms with Gasteiger partial charge < -0.3 is 14.2 Å². The molecule has 1 aliphatic rings. The summed E-state index contributed by atoms with van der Waals surface area (Å²) >= 11 is 0. The summed E-state index contributed by atoms with van der Waals surface area (Å²) in [5, 5.41) is 0. The number of aromatic nitrogens is 2. The minimum absolute atomic E-state index is 0.0944. The molecule has 1 N–H and O–H groups in total. The molecule has 0 unspecified atom stereocenters. The van der Waals surface area contributed by atoms with Gasteiger partial charge in [-0.3, -0.25) is 14.3 Å². The van der Waals surface area contributed by atoms with Crippen LogP contribution in [0, 0.1) is 25.3 Å². The molecule has 0 spiro atoms. The van der Waals surface area contributed by atoms with E-state index in [4.69, 9.17) is 14.2 Å². The van der Waals surface area contributed by atoms with Crippen molar-refractivity contribution < 1.29 is 23.8 Å². The molecule has 40 heavy (non-hydrogen) atoms. The molecule has 0 radical (unpaired) electrons. The molecule has 1 aliphatic heterocycles. The Hall–Kier alpha value is -4.20. The average Bonchev–Trinajstić information content (AvgIpc) is 3.29. The zero-order valence-electron chi connectivity index (χ0n) is 23.1. The summed E-state index contributed by atoms with van der Waals surface area (Å²) in [5.41, 5.74) is 4.70. The summed E-state index contributed by atoms with van der Waals surface area (Å²) < 4.78 is 18.6. The average molecular weight is 561 g/mol. The van der Waals surface area contributed by atoms with Crippen LogP contribution in [-0.4, -0.2) is 48.4 Å². The molecule has 208 valence electrons. The van der Waals surface area contributed by atoms with Gasteiger partial charge in [0.2, 0.25) is 0 Å². The van der Waals surface area contributed by atoms with Gasteiger partial charge >= 0.3 is 17.6 Å². The zero-order chi connectivity index (χ0) is 29.0. The van der Waals surface area contributed by atoms with Gasteiger partial charge in [-0.2, -0.15) is 0 Å². The van der Waals surface area contributed by atoms with E-state index in [1.54, 1.807) is 48.5 Å². The number of ether oxygens (including phenoxy) is 3. The molecule has 1 saturated heterocycles. The van der Waals surface area contributed by atoms with Gasteiger partial charge in [0.05, 0.1) is 11.1 Å². The fourth-order valence-electron chi connectivity index (χ4n) is 4.01. The topological polar surface area (TPSA) is 117 Å². The van der Waals surface area contributed by atoms with Crippen molar-refractivity contribution in [1.82, 2.24) is 9.55 Å². The summed E-state index contributed by atoms with van der Waals surface area (Å²) in [6, 6.07) is 13.8. The highest BCUT2D eigenvalue weighted by Gasteiger charge is 2.40. The number of nitrogens with zero attached hydrogens (tertiary/aromatic N) is 1. The molecule has 3 atom stereocenters. The summed E-state index contributed by atoms with van der Waals surface area (Å²) in [6.45, 7) is 9.73. The van der Waals surface area contributed by atoms with Crippen molar-refractivity contribution >= 4 is 20.0 Å². The minimum atomic E-state index is -1.79. The van der Waals surface area contributed by atoms with E-state index in [0.29, 0.717) is 11.1 Å². The molecular formula is C30H32N2O7Si. The molecule has 4 rings (SSSR count). The monoisotopic (exact) mass is 560 g/mol. The van der Waals surface area contributed by atoms with Crippen LogP contribution in [0.4, 0.5) is 0 Å². The maximum atomic E-state index is 12.9. The summed E-state index contributed by atoms with van der Waals surface area (Å²) in [7, 11) is -1.79. The fourth-order valence-corrected chi connectivity index (χ4v) is 4.52. The van der Waals surface area contributed by atoms with Crippen molar-refractivity contribution in [3.63, 3.8) is 0 Å². The summed E-state index contributed by atoms with van der Waals surface area (Å²) in [4.78, 5) is 53.0. The Morgan fingerprint density at radius 1 is 0.975 bits per heavy atom. The lowest BCUT2D eigenvalue weighted by Crippen LogP contribution is -2.34. The largest absolute Gasteiger partial charge is 0.459 e. The van der Waals surface area contributed by atoms with Crippen LogP contribution in [0.25, 0.3) is 0 Å². The van der Waals surface area contributed by atoms with Crippen molar-refractivity contribution in [3.8, 4) is 11.5 Å². The first-order valence-corrected chi connectivity index (χ1v) is 16.5. The molecule has 0 saturated carbocycles. The van der Waals surface area contributed by atoms with Crippen LogP contribution in [0.1, 0.15) is 50.1 Å². The third kappa shape index (κ3) is 7.25. The van der Waals surface area contributed by atoms with E-state index in [1.165, 1.54) is 10.8 Å². The quantitative estimate of drug-likeness (QED) is 0.277. The Labute approximate surface area is 233 Å². The van der Waals surface area contributed by atoms with Crippen LogP contribution in [0.3, 0.4) is 0 Å². The van der Waals surface area contributed by atoms with Crippen molar-refractivity contribution in [2.45, 2.75) is 58.3 Å². The number of hydrogen-bond acceptors (Lipinski definition) is 7. The van der Waals surface area contributed by atoms with E-state index in [9.17, 15) is 19.2 Å². The van der Waals surface area contributed by atoms with Gasteiger partial charge in [0, 0.05) is 12.6 Å². The van der Waals surface area contributed by atoms with Crippen molar-refractivity contribution in [2.75, 3.05) is 6.61 Å². The number of rotatable bonds is 6. The molecule has 0 bridgehead atoms. The zero-order valence-corrected chi connectivity index (χ0v) is 24.1. The van der Waals surface area contributed by atoms with Crippen molar-refractivity contribution in [1.29, 1.82) is 0 Å². The number of esters is 2. The van der Waals surface area contributed by atoms with Crippen LogP contribution < -0.4 is 11.2 Å². The highest BCUT2D eigenvalue weighted by molar-refractivity contribution is 6.83. The summed E-state index contributed by atoms with van der Waals surface area (Å²) in [5.74, 6) is 1.76. The predicted octanol–water partition coefficient (Wildman–Crippen LogP) is 3.75. The van der Waals surface area contributed by atoms with E-state index in [0.717, 1.165) is 11.1 Å². The van der Waals surface area contributed by atoms with Crippen molar-refractivity contribution in [2.24, 2.45) is 0 Å². The molecule has 1 fully saturated rings. The van der Waals surface area contributed by atoms with Gasteiger partial charge in [0.15, 0.2) is 0 Å². The Morgan fingerprint density at radius 2 is 1.55 bits per heavy atom. The molecule has 2 aromatic carbocycles. The predicted molar refractivity (Wildman–Crippen MR) is 152 cm³/mol. The maximum Gasteiger partial charge on any atom is 0.338 e. The second-order valence-electron chi connectivity index (χ2n) is 10.8. The normalized spacial score (nSPS) is 18.5. The number of carbonyl (C=O) groups excluding carboxylic acids is 2. The lowest BCUT2D eigenvalue weighted by molar-refractivity contribution is -0.0582. The third-order valence-corrected chi connectivity index (χ3v) is 7.12. The number of aromatic amines is 1. The number of aryl methyl sites for hydroxylation is 2. The number of hydrogen-bond donors (Lipinski definition) is 1. The minimum Gasteiger partial charge on any atom is -0.459 e. The third-order valence-electron chi connectivity index (χ3n) is 6.24. The highest BCUT2D eigenvalue weighted by Crippen LogP contribution is 2.31. The molecule has 1 aromatic heterocycles. The van der Waals surface area contributed by atoms with Gasteiger partial charge in [-0.05, 0) is 38.1 Å². The van der Waals surface area contributed by atoms with Gasteiger partial charge in [0.1, 0.15) is 38.7 Å². The fraction of sp³-hybridized carbons (Fsp3) is 0.333. The Kier molecular flexibility index (Phi) is 8.57. The van der Waals surface area contributed by atoms with Crippen LogP contribution in [0.2, 0.25) is 19.6 Å². The smallest absolute Gasteiger partial charge is 0.338 e. The van der Waals surface area contributed by atoms with Crippen LogP contribution in [-0.2, 0) is 14.2 Å². The molecule has 10 heteroatoms. The number of H-pyrrole nitrogens is 1. The van der Waals surface area contributed by atoms with Crippen LogP contribution in [0.15, 0.2) is 64.3 Å². The van der Waals surface area contributed by atoms with Gasteiger partial charge in [-0.15, -0.1) is 5.54 Å². The second-order valence-corrected chi connectivity index (χ2v) is 15.6. The Morgan fingerprint density at radius 3 is 2.12 bits per heavy atom. The van der Waals surface area contributed by atoms with E-state index in [1.807, 2.05) is 33.5 Å². The van der Waals surface area contributed by atoms with E-state index in [2.05, 4.69) is 16.4 Å². The van der Waals surface area contributed by atoms with Gasteiger partial charge in [-0.1, -0.05) is 61.0 Å². The van der Waals surface area contributed by atoms with Crippen LogP contribution >= 0.6 is 0 Å². The van der Waals surface area contributed by atoms with Crippen LogP contribution in [0.5, 0.6) is 0 Å². The lowest BCUT2D eigenvalue weighted by atomic mass is 10.1. The SMILES string of the molecule is Cc1ccc(C(=O)OC[C@H]2O[C@@H](n3cc(C#C[Si](C)(C)C)c(=O)[nH]c3=O)C[C@@H]2OC(=O)c2ccc(C)cc2)cc1. The van der Waals surface area contributed by atoms with E-state index < -0.39 is 49.7 Å². The van der Waals surface area contributed by atoms with Gasteiger partial charge in [0.25, 0.3) is 5.56 Å². The molecular weight excluding hydrogens is 528 g/mol. The molecule has 9 nitrogen and oxygen atoms in total. The first-order valence-electron chi connectivity index (χ1n) is 13.0. The molecule has 0 aliphatic carbocycles. The molecule has 3 aromatic rings. The Bertz CT molecular complexity index is 1570. The highest BCUT2D eigenvalue weighted by atomic mass is 28.3. The number of benzene rings is 2.